The van der Waals surface area contributed by atoms with Crippen LogP contribution in [-0.4, -0.2) is 11.1 Å². The first kappa shape index (κ1) is 17.5. The van der Waals surface area contributed by atoms with Gasteiger partial charge in [0.05, 0.1) is 5.56 Å². The molecule has 1 aliphatic rings. The van der Waals surface area contributed by atoms with Gasteiger partial charge in [-0.25, -0.2) is 4.79 Å². The van der Waals surface area contributed by atoms with E-state index in [1.165, 1.54) is 16.7 Å². The van der Waals surface area contributed by atoms with E-state index in [0.717, 1.165) is 42.4 Å². The molecule has 1 aliphatic carbocycles. The molecule has 0 aliphatic heterocycles. The number of carboxylic acid groups (broad SMARTS) is 1. The van der Waals surface area contributed by atoms with Crippen molar-refractivity contribution in [2.45, 2.75) is 38.5 Å². The Bertz CT molecular complexity index is 945. The fourth-order valence-corrected chi connectivity index (χ4v) is 4.21. The van der Waals surface area contributed by atoms with Gasteiger partial charge in [-0.05, 0) is 70.7 Å². The maximum atomic E-state index is 11.6. The molecule has 0 saturated heterocycles. The molecule has 3 aromatic rings. The van der Waals surface area contributed by atoms with E-state index < -0.39 is 5.97 Å². The molecular formula is C25H24O2. The summed E-state index contributed by atoms with van der Waals surface area (Å²) in [5.74, 6) is -0.538. The Hall–Kier alpha value is -2.87. The number of hydrogen-bond donors (Lipinski definition) is 1. The van der Waals surface area contributed by atoms with Crippen molar-refractivity contribution in [3.8, 4) is 11.1 Å². The number of hydrogen-bond acceptors (Lipinski definition) is 1. The third kappa shape index (κ3) is 3.52. The first-order valence-electron chi connectivity index (χ1n) is 9.69. The quantitative estimate of drug-likeness (QED) is 0.619. The molecule has 2 nitrogen and oxygen atoms in total. The summed E-state index contributed by atoms with van der Waals surface area (Å²) in [6.07, 6.45) is 4.17. The number of benzene rings is 3. The molecule has 0 atom stereocenters. The summed E-state index contributed by atoms with van der Waals surface area (Å²) in [7, 11) is 0. The minimum Gasteiger partial charge on any atom is -0.478 e. The van der Waals surface area contributed by atoms with Crippen LogP contribution in [0.15, 0.2) is 66.7 Å². The third-order valence-electron chi connectivity index (χ3n) is 5.59. The average Bonchev–Trinajstić information content (AvgIpc) is 3.12. The summed E-state index contributed by atoms with van der Waals surface area (Å²) in [4.78, 5) is 11.6. The van der Waals surface area contributed by atoms with E-state index in [-0.39, 0.29) is 0 Å². The van der Waals surface area contributed by atoms with Gasteiger partial charge < -0.3 is 5.11 Å². The Labute approximate surface area is 160 Å². The molecule has 0 aromatic heterocycles. The fourth-order valence-electron chi connectivity index (χ4n) is 4.21. The van der Waals surface area contributed by atoms with Crippen molar-refractivity contribution in [2.24, 2.45) is 0 Å². The summed E-state index contributed by atoms with van der Waals surface area (Å²) in [5, 5.41) is 9.48. The van der Waals surface area contributed by atoms with E-state index in [1.54, 1.807) is 6.07 Å². The fraction of sp³-hybridized carbons (Fsp3) is 0.240. The van der Waals surface area contributed by atoms with Crippen molar-refractivity contribution in [3.63, 3.8) is 0 Å². The van der Waals surface area contributed by atoms with Crippen molar-refractivity contribution in [3.05, 3.63) is 94.5 Å². The standard InChI is InChI=1S/C25H24O2/c1-2-5-17-8-10-18(11-9-17)23-13-12-21(25(26)27)16-24(23)22-14-19-6-3-4-7-20(19)15-22/h3-4,6-13,16,22H,2,5,14-15H2,1H3,(H,26,27). The van der Waals surface area contributed by atoms with Crippen LogP contribution in [0.1, 0.15) is 51.9 Å². The Kier molecular flexibility index (Phi) is 4.81. The Morgan fingerprint density at radius 2 is 1.63 bits per heavy atom. The molecule has 2 heteroatoms. The van der Waals surface area contributed by atoms with Gasteiger partial charge in [0.1, 0.15) is 0 Å². The van der Waals surface area contributed by atoms with Crippen LogP contribution in [-0.2, 0) is 19.3 Å². The van der Waals surface area contributed by atoms with Crippen molar-refractivity contribution in [2.75, 3.05) is 0 Å². The first-order valence-corrected chi connectivity index (χ1v) is 9.69. The second kappa shape index (κ2) is 7.40. The van der Waals surface area contributed by atoms with Gasteiger partial charge in [-0.1, -0.05) is 67.9 Å². The second-order valence-corrected chi connectivity index (χ2v) is 7.43. The molecule has 0 fully saturated rings. The van der Waals surface area contributed by atoms with Gasteiger partial charge in [-0.3, -0.25) is 0 Å². The SMILES string of the molecule is CCCc1ccc(-c2ccc(C(=O)O)cc2C2Cc3ccccc3C2)cc1. The Morgan fingerprint density at radius 3 is 2.22 bits per heavy atom. The number of carbonyl (C=O) groups is 1. The topological polar surface area (TPSA) is 37.3 Å². The maximum Gasteiger partial charge on any atom is 0.335 e. The molecule has 0 amide bonds. The van der Waals surface area contributed by atoms with Crippen molar-refractivity contribution < 1.29 is 9.90 Å². The van der Waals surface area contributed by atoms with Crippen LogP contribution in [0.3, 0.4) is 0 Å². The lowest BCUT2D eigenvalue weighted by Gasteiger charge is -2.17. The molecule has 0 heterocycles. The van der Waals surface area contributed by atoms with Gasteiger partial charge >= 0.3 is 5.97 Å². The lowest BCUT2D eigenvalue weighted by Crippen LogP contribution is -2.05. The zero-order valence-corrected chi connectivity index (χ0v) is 15.6. The summed E-state index contributed by atoms with van der Waals surface area (Å²) >= 11 is 0. The predicted octanol–water partition coefficient (Wildman–Crippen LogP) is 5.89. The molecule has 0 spiro atoms. The summed E-state index contributed by atoms with van der Waals surface area (Å²) in [6.45, 7) is 2.19. The van der Waals surface area contributed by atoms with Gasteiger partial charge in [0, 0.05) is 0 Å². The molecule has 136 valence electrons. The molecule has 27 heavy (non-hydrogen) atoms. The van der Waals surface area contributed by atoms with Gasteiger partial charge in [0.15, 0.2) is 0 Å². The lowest BCUT2D eigenvalue weighted by atomic mass is 9.87. The van der Waals surface area contributed by atoms with E-state index in [1.807, 2.05) is 12.1 Å². The maximum absolute atomic E-state index is 11.6. The highest BCUT2D eigenvalue weighted by Crippen LogP contribution is 2.39. The number of fused-ring (bicyclic) bond motifs is 1. The second-order valence-electron chi connectivity index (χ2n) is 7.43. The normalized spacial score (nSPS) is 13.5. The molecule has 3 aromatic carbocycles. The van der Waals surface area contributed by atoms with Crippen LogP contribution in [0.4, 0.5) is 0 Å². The largest absolute Gasteiger partial charge is 0.478 e. The molecular weight excluding hydrogens is 332 g/mol. The summed E-state index contributed by atoms with van der Waals surface area (Å²) in [6, 6.07) is 22.9. The van der Waals surface area contributed by atoms with Gasteiger partial charge in [-0.2, -0.15) is 0 Å². The molecule has 0 unspecified atom stereocenters. The van der Waals surface area contributed by atoms with Crippen LogP contribution >= 0.6 is 0 Å². The van der Waals surface area contributed by atoms with Crippen LogP contribution in [0, 0.1) is 0 Å². The van der Waals surface area contributed by atoms with Crippen molar-refractivity contribution >= 4 is 5.97 Å². The van der Waals surface area contributed by atoms with Crippen LogP contribution < -0.4 is 0 Å². The molecule has 0 saturated carbocycles. The van der Waals surface area contributed by atoms with Gasteiger partial charge in [0.2, 0.25) is 0 Å². The Morgan fingerprint density at radius 1 is 0.963 bits per heavy atom. The van der Waals surface area contributed by atoms with Crippen molar-refractivity contribution in [1.82, 2.24) is 0 Å². The van der Waals surface area contributed by atoms with E-state index in [4.69, 9.17) is 0 Å². The minimum absolute atomic E-state index is 0.326. The zero-order valence-electron chi connectivity index (χ0n) is 15.6. The number of carboxylic acids is 1. The van der Waals surface area contributed by atoms with Crippen LogP contribution in [0.2, 0.25) is 0 Å². The number of aromatic carboxylic acids is 1. The van der Waals surface area contributed by atoms with Crippen molar-refractivity contribution in [1.29, 1.82) is 0 Å². The molecule has 1 N–H and O–H groups in total. The Balaban J connectivity index is 1.75. The first-order chi connectivity index (χ1) is 13.2. The van der Waals surface area contributed by atoms with E-state index in [2.05, 4.69) is 55.5 Å². The zero-order chi connectivity index (χ0) is 18.8. The van der Waals surface area contributed by atoms with Crippen LogP contribution in [0.5, 0.6) is 0 Å². The minimum atomic E-state index is -0.864. The lowest BCUT2D eigenvalue weighted by molar-refractivity contribution is 0.0697. The number of aryl methyl sites for hydroxylation is 1. The predicted molar refractivity (Wildman–Crippen MR) is 109 cm³/mol. The van der Waals surface area contributed by atoms with Gasteiger partial charge in [0.25, 0.3) is 0 Å². The average molecular weight is 356 g/mol. The number of rotatable bonds is 5. The molecule has 4 rings (SSSR count). The van der Waals surface area contributed by atoms with Gasteiger partial charge in [-0.15, -0.1) is 0 Å². The summed E-state index contributed by atoms with van der Waals surface area (Å²) < 4.78 is 0. The monoisotopic (exact) mass is 356 g/mol. The van der Waals surface area contributed by atoms with E-state index in [0.29, 0.717) is 11.5 Å². The third-order valence-corrected chi connectivity index (χ3v) is 5.59. The highest BCUT2D eigenvalue weighted by atomic mass is 16.4. The summed E-state index contributed by atoms with van der Waals surface area (Å²) in [5.41, 5.74) is 7.94. The highest BCUT2D eigenvalue weighted by molar-refractivity contribution is 5.89. The smallest absolute Gasteiger partial charge is 0.335 e. The van der Waals surface area contributed by atoms with E-state index >= 15 is 0 Å². The molecule has 0 radical (unpaired) electrons. The van der Waals surface area contributed by atoms with Crippen LogP contribution in [0.25, 0.3) is 11.1 Å². The van der Waals surface area contributed by atoms with E-state index in [9.17, 15) is 9.90 Å². The molecule has 0 bridgehead atoms. The highest BCUT2D eigenvalue weighted by Gasteiger charge is 2.25.